The van der Waals surface area contributed by atoms with Gasteiger partial charge in [-0.05, 0) is 5.53 Å². The van der Waals surface area contributed by atoms with Crippen molar-refractivity contribution in [3.63, 3.8) is 0 Å². The topological polar surface area (TPSA) is 74.8 Å². The minimum absolute atomic E-state index is 0. The predicted octanol–water partition coefficient (Wildman–Crippen LogP) is 3.07. The zero-order chi connectivity index (χ0) is 11.6. The largest absolute Gasteiger partial charge is 0.326 e. The molecular formula is C7H5ClF4N4. The molecule has 0 aliphatic carbocycles. The van der Waals surface area contributed by atoms with Crippen molar-refractivity contribution in [1.82, 2.24) is 0 Å². The smallest absolute Gasteiger partial charge is 0.171 e. The molecule has 1 aromatic carbocycles. The zero-order valence-electron chi connectivity index (χ0n) is 7.55. The fourth-order valence-electron chi connectivity index (χ4n) is 0.977. The highest BCUT2D eigenvalue weighted by Crippen LogP contribution is 2.29. The average molecular weight is 257 g/mol. The molecule has 4 nitrogen and oxygen atoms in total. The molecule has 0 spiro atoms. The molecule has 0 unspecified atom stereocenters. The van der Waals surface area contributed by atoms with Crippen LogP contribution in [0.1, 0.15) is 5.56 Å². The fourth-order valence-corrected chi connectivity index (χ4v) is 0.977. The molecule has 0 fully saturated rings. The Bertz CT molecular complexity index is 429. The number of rotatable bonds is 2. The van der Waals surface area contributed by atoms with Crippen LogP contribution in [0.25, 0.3) is 10.4 Å². The SMILES string of the molecule is Cl.[N-]=[N+]=Nc1c(F)c(F)c(CN)c(F)c1F. The van der Waals surface area contributed by atoms with Crippen LogP contribution in [0.4, 0.5) is 23.2 Å². The normalized spacial score (nSPS) is 9.31. The highest BCUT2D eigenvalue weighted by Gasteiger charge is 2.23. The molecule has 0 aliphatic rings. The Kier molecular flexibility index (Phi) is 5.03. The monoisotopic (exact) mass is 256 g/mol. The molecule has 16 heavy (non-hydrogen) atoms. The van der Waals surface area contributed by atoms with Gasteiger partial charge in [-0.1, -0.05) is 5.11 Å². The van der Waals surface area contributed by atoms with Crippen molar-refractivity contribution in [2.75, 3.05) is 0 Å². The van der Waals surface area contributed by atoms with Gasteiger partial charge in [-0.25, -0.2) is 17.6 Å². The van der Waals surface area contributed by atoms with Crippen molar-refractivity contribution in [2.24, 2.45) is 10.8 Å². The van der Waals surface area contributed by atoms with Gasteiger partial charge in [-0.3, -0.25) is 0 Å². The summed E-state index contributed by atoms with van der Waals surface area (Å²) in [6.07, 6.45) is 0. The molecule has 0 heterocycles. The van der Waals surface area contributed by atoms with E-state index in [1.54, 1.807) is 0 Å². The van der Waals surface area contributed by atoms with Gasteiger partial charge in [0.15, 0.2) is 23.3 Å². The van der Waals surface area contributed by atoms with Crippen LogP contribution in [0.15, 0.2) is 5.11 Å². The first-order chi connectivity index (χ1) is 7.04. The molecule has 88 valence electrons. The fraction of sp³-hybridized carbons (Fsp3) is 0.143. The third kappa shape index (κ3) is 2.19. The van der Waals surface area contributed by atoms with Gasteiger partial charge in [0.2, 0.25) is 0 Å². The Hall–Kier alpha value is -1.50. The number of halogens is 5. The highest BCUT2D eigenvalue weighted by atomic mass is 35.5. The Morgan fingerprint density at radius 3 is 1.81 bits per heavy atom. The van der Waals surface area contributed by atoms with Gasteiger partial charge in [0.05, 0.1) is 0 Å². The van der Waals surface area contributed by atoms with Gasteiger partial charge in [0.1, 0.15) is 5.69 Å². The second-order valence-corrected chi connectivity index (χ2v) is 2.48. The number of nitrogens with zero attached hydrogens (tertiary/aromatic N) is 3. The average Bonchev–Trinajstić information content (AvgIpc) is 2.23. The van der Waals surface area contributed by atoms with Crippen molar-refractivity contribution in [3.05, 3.63) is 39.3 Å². The Morgan fingerprint density at radius 1 is 1.06 bits per heavy atom. The summed E-state index contributed by atoms with van der Waals surface area (Å²) in [6.45, 7) is -0.706. The molecule has 0 atom stereocenters. The van der Waals surface area contributed by atoms with Crippen LogP contribution in [0, 0.1) is 23.3 Å². The first-order valence-electron chi connectivity index (χ1n) is 3.64. The summed E-state index contributed by atoms with van der Waals surface area (Å²) < 4.78 is 51.9. The lowest BCUT2D eigenvalue weighted by molar-refractivity contribution is 0.442. The molecule has 0 aromatic heterocycles. The van der Waals surface area contributed by atoms with E-state index in [2.05, 4.69) is 5.11 Å². The summed E-state index contributed by atoms with van der Waals surface area (Å²) in [5.74, 6) is -6.82. The molecule has 0 saturated heterocycles. The molecule has 2 N–H and O–H groups in total. The second kappa shape index (κ2) is 5.55. The van der Waals surface area contributed by atoms with Gasteiger partial charge in [-0.15, -0.1) is 12.4 Å². The molecule has 0 amide bonds. The van der Waals surface area contributed by atoms with Crippen LogP contribution in [0.5, 0.6) is 0 Å². The minimum Gasteiger partial charge on any atom is -0.326 e. The molecule has 1 aromatic rings. The molecule has 0 saturated carbocycles. The number of azide groups is 1. The predicted molar refractivity (Wildman–Crippen MR) is 50.2 cm³/mol. The zero-order valence-corrected chi connectivity index (χ0v) is 8.36. The van der Waals surface area contributed by atoms with Crippen LogP contribution in [0.3, 0.4) is 0 Å². The molecule has 9 heteroatoms. The summed E-state index contributed by atoms with van der Waals surface area (Å²) in [4.78, 5) is 2.05. The third-order valence-corrected chi connectivity index (χ3v) is 1.68. The van der Waals surface area contributed by atoms with Crippen molar-refractivity contribution in [3.8, 4) is 0 Å². The molecular weight excluding hydrogens is 252 g/mol. The van der Waals surface area contributed by atoms with E-state index in [0.29, 0.717) is 0 Å². The third-order valence-electron chi connectivity index (χ3n) is 1.68. The van der Waals surface area contributed by atoms with Crippen LogP contribution < -0.4 is 5.73 Å². The summed E-state index contributed by atoms with van der Waals surface area (Å²) in [5, 5.41) is 2.51. The van der Waals surface area contributed by atoms with E-state index in [-0.39, 0.29) is 12.4 Å². The van der Waals surface area contributed by atoms with Crippen molar-refractivity contribution >= 4 is 18.1 Å². The maximum Gasteiger partial charge on any atom is 0.171 e. The van der Waals surface area contributed by atoms with E-state index in [4.69, 9.17) is 11.3 Å². The first-order valence-corrected chi connectivity index (χ1v) is 3.64. The summed E-state index contributed by atoms with van der Waals surface area (Å²) in [7, 11) is 0. The van der Waals surface area contributed by atoms with Gasteiger partial charge in [0.25, 0.3) is 0 Å². The van der Waals surface area contributed by atoms with Crippen LogP contribution in [-0.2, 0) is 6.54 Å². The van der Waals surface area contributed by atoms with Crippen molar-refractivity contribution in [1.29, 1.82) is 0 Å². The number of hydrogen-bond acceptors (Lipinski definition) is 2. The second-order valence-electron chi connectivity index (χ2n) is 2.48. The van der Waals surface area contributed by atoms with Gasteiger partial charge in [-0.2, -0.15) is 0 Å². The maximum absolute atomic E-state index is 13.0. The van der Waals surface area contributed by atoms with Gasteiger partial charge >= 0.3 is 0 Å². The minimum atomic E-state index is -1.76. The van der Waals surface area contributed by atoms with Crippen molar-refractivity contribution in [2.45, 2.75) is 6.54 Å². The summed E-state index contributed by atoms with van der Waals surface area (Å²) in [6, 6.07) is 0. The van der Waals surface area contributed by atoms with E-state index >= 15 is 0 Å². The lowest BCUT2D eigenvalue weighted by atomic mass is 10.1. The Balaban J connectivity index is 0.00000225. The molecule has 0 aliphatic heterocycles. The van der Waals surface area contributed by atoms with E-state index in [1.165, 1.54) is 0 Å². The quantitative estimate of drug-likeness (QED) is 0.285. The standard InChI is InChI=1S/C7H4F4N4.ClH/c8-3-2(1-12)4(9)6(11)7(5(3)10)14-15-13;/h1,12H2;1H. The highest BCUT2D eigenvalue weighted by molar-refractivity contribution is 5.85. The van der Waals surface area contributed by atoms with Crippen LogP contribution >= 0.6 is 12.4 Å². The molecule has 0 bridgehead atoms. The maximum atomic E-state index is 13.0. The van der Waals surface area contributed by atoms with Gasteiger partial charge < -0.3 is 5.73 Å². The summed E-state index contributed by atoms with van der Waals surface area (Å²) >= 11 is 0. The van der Waals surface area contributed by atoms with E-state index in [9.17, 15) is 17.6 Å². The van der Waals surface area contributed by atoms with E-state index in [0.717, 1.165) is 0 Å². The first kappa shape index (κ1) is 14.5. The Morgan fingerprint density at radius 2 is 1.50 bits per heavy atom. The van der Waals surface area contributed by atoms with Crippen LogP contribution in [0.2, 0.25) is 0 Å². The van der Waals surface area contributed by atoms with Crippen molar-refractivity contribution < 1.29 is 17.6 Å². The van der Waals surface area contributed by atoms with E-state index in [1.807, 2.05) is 4.91 Å². The van der Waals surface area contributed by atoms with Gasteiger partial charge in [0, 0.05) is 17.0 Å². The lowest BCUT2D eigenvalue weighted by Crippen LogP contribution is -2.08. The lowest BCUT2D eigenvalue weighted by Gasteiger charge is -2.06. The number of nitrogens with two attached hydrogens (primary N) is 1. The number of hydrogen-bond donors (Lipinski definition) is 1. The molecule has 0 radical (unpaired) electrons. The summed E-state index contributed by atoms with van der Waals surface area (Å²) in [5.41, 5.74) is 10.6. The molecule has 1 rings (SSSR count). The Labute approximate surface area is 93.1 Å². The van der Waals surface area contributed by atoms with Crippen LogP contribution in [-0.4, -0.2) is 0 Å². The number of benzene rings is 1. The van der Waals surface area contributed by atoms with E-state index < -0.39 is 41.1 Å².